The Labute approximate surface area is 149 Å². The summed E-state index contributed by atoms with van der Waals surface area (Å²) in [4.78, 5) is 16.0. The molecular weight excluding hydrogens is 314 g/mol. The van der Waals surface area contributed by atoms with Crippen molar-refractivity contribution >= 4 is 17.3 Å². The minimum atomic E-state index is 0.0787. The first kappa shape index (κ1) is 17.3. The number of hydrogen-bond acceptors (Lipinski definition) is 3. The van der Waals surface area contributed by atoms with Crippen LogP contribution in [0.3, 0.4) is 0 Å². The van der Waals surface area contributed by atoms with Crippen LogP contribution < -0.4 is 19.9 Å². The molecule has 0 unspecified atom stereocenters. The van der Waals surface area contributed by atoms with Crippen LogP contribution >= 0.6 is 0 Å². The number of ether oxygens (including phenoxy) is 1. The van der Waals surface area contributed by atoms with Crippen molar-refractivity contribution in [1.29, 1.82) is 0 Å². The van der Waals surface area contributed by atoms with Gasteiger partial charge in [0, 0.05) is 5.69 Å². The molecule has 2 aromatic rings. The van der Waals surface area contributed by atoms with Crippen LogP contribution in [0.15, 0.2) is 48.5 Å². The highest BCUT2D eigenvalue weighted by Gasteiger charge is 2.24. The van der Waals surface area contributed by atoms with E-state index in [1.165, 1.54) is 4.90 Å². The Morgan fingerprint density at radius 3 is 2.52 bits per heavy atom. The SMILES string of the molecule is COc1ccccc1N1CC[NH+](CC(=O)Nc2ccccc2C)CC1. The summed E-state index contributed by atoms with van der Waals surface area (Å²) < 4.78 is 5.45. The van der Waals surface area contributed by atoms with E-state index in [2.05, 4.69) is 16.3 Å². The van der Waals surface area contributed by atoms with Gasteiger partial charge in [-0.1, -0.05) is 30.3 Å². The average Bonchev–Trinajstić information content (AvgIpc) is 2.64. The van der Waals surface area contributed by atoms with Crippen LogP contribution in [-0.2, 0) is 4.79 Å². The van der Waals surface area contributed by atoms with E-state index >= 15 is 0 Å². The molecule has 0 spiro atoms. The van der Waals surface area contributed by atoms with Gasteiger partial charge in [-0.25, -0.2) is 0 Å². The zero-order valence-corrected chi connectivity index (χ0v) is 14.9. The van der Waals surface area contributed by atoms with E-state index in [1.807, 2.05) is 49.4 Å². The number of rotatable bonds is 5. The minimum Gasteiger partial charge on any atom is -0.495 e. The molecule has 1 heterocycles. The van der Waals surface area contributed by atoms with Gasteiger partial charge in [-0.05, 0) is 30.7 Å². The van der Waals surface area contributed by atoms with Crippen molar-refractivity contribution in [1.82, 2.24) is 0 Å². The minimum absolute atomic E-state index is 0.0787. The lowest BCUT2D eigenvalue weighted by molar-refractivity contribution is -0.892. The fraction of sp³-hybridized carbons (Fsp3) is 0.350. The van der Waals surface area contributed by atoms with Crippen LogP contribution in [0.4, 0.5) is 11.4 Å². The Hall–Kier alpha value is -2.53. The number of piperazine rings is 1. The van der Waals surface area contributed by atoms with Crippen molar-refractivity contribution in [2.75, 3.05) is 50.1 Å². The van der Waals surface area contributed by atoms with E-state index in [1.54, 1.807) is 7.11 Å². The van der Waals surface area contributed by atoms with Gasteiger partial charge in [-0.2, -0.15) is 0 Å². The number of benzene rings is 2. The van der Waals surface area contributed by atoms with Gasteiger partial charge < -0.3 is 19.9 Å². The lowest BCUT2D eigenvalue weighted by Crippen LogP contribution is -3.15. The molecule has 1 aliphatic heterocycles. The predicted octanol–water partition coefficient (Wildman–Crippen LogP) is 1.35. The lowest BCUT2D eigenvalue weighted by Gasteiger charge is -2.34. The molecule has 5 heteroatoms. The number of anilines is 2. The molecule has 0 aromatic heterocycles. The van der Waals surface area contributed by atoms with Crippen molar-refractivity contribution in [2.24, 2.45) is 0 Å². The van der Waals surface area contributed by atoms with Crippen molar-refractivity contribution < 1.29 is 14.4 Å². The van der Waals surface area contributed by atoms with E-state index < -0.39 is 0 Å². The molecule has 0 saturated carbocycles. The van der Waals surface area contributed by atoms with Gasteiger partial charge >= 0.3 is 0 Å². The number of para-hydroxylation sites is 3. The number of methoxy groups -OCH3 is 1. The molecule has 0 atom stereocenters. The molecule has 0 radical (unpaired) electrons. The highest BCUT2D eigenvalue weighted by atomic mass is 16.5. The third kappa shape index (κ3) is 4.31. The van der Waals surface area contributed by atoms with Crippen LogP contribution in [0.5, 0.6) is 5.75 Å². The quantitative estimate of drug-likeness (QED) is 0.864. The summed E-state index contributed by atoms with van der Waals surface area (Å²) in [5.41, 5.74) is 3.12. The summed E-state index contributed by atoms with van der Waals surface area (Å²) in [5, 5.41) is 3.03. The predicted molar refractivity (Wildman–Crippen MR) is 101 cm³/mol. The first-order valence-electron chi connectivity index (χ1n) is 8.74. The van der Waals surface area contributed by atoms with Crippen LogP contribution in [0, 0.1) is 6.92 Å². The summed E-state index contributed by atoms with van der Waals surface area (Å²) in [6.45, 7) is 6.25. The summed E-state index contributed by atoms with van der Waals surface area (Å²) in [6.07, 6.45) is 0. The van der Waals surface area contributed by atoms with Gasteiger partial charge in [-0.15, -0.1) is 0 Å². The van der Waals surface area contributed by atoms with Crippen LogP contribution in [0.2, 0.25) is 0 Å². The van der Waals surface area contributed by atoms with Crippen molar-refractivity contribution in [3.8, 4) is 5.75 Å². The maximum atomic E-state index is 12.3. The Morgan fingerprint density at radius 1 is 1.12 bits per heavy atom. The number of carbonyl (C=O) groups excluding carboxylic acids is 1. The normalized spacial score (nSPS) is 15.0. The molecule has 1 amide bonds. The van der Waals surface area contributed by atoms with Crippen molar-refractivity contribution in [2.45, 2.75) is 6.92 Å². The average molecular weight is 340 g/mol. The van der Waals surface area contributed by atoms with E-state index in [-0.39, 0.29) is 5.91 Å². The number of amides is 1. The van der Waals surface area contributed by atoms with E-state index in [4.69, 9.17) is 4.74 Å². The number of nitrogens with one attached hydrogen (secondary N) is 2. The van der Waals surface area contributed by atoms with Gasteiger partial charge in [0.1, 0.15) is 5.75 Å². The first-order valence-corrected chi connectivity index (χ1v) is 8.74. The Morgan fingerprint density at radius 2 is 1.80 bits per heavy atom. The van der Waals surface area contributed by atoms with Gasteiger partial charge in [0.2, 0.25) is 0 Å². The number of nitrogens with zero attached hydrogens (tertiary/aromatic N) is 1. The molecular formula is C20H26N3O2+. The standard InChI is InChI=1S/C20H25N3O2/c1-16-7-3-4-8-17(16)21-20(24)15-22-11-13-23(14-12-22)18-9-5-6-10-19(18)25-2/h3-10H,11-15H2,1-2H3,(H,21,24)/p+1. The molecule has 1 aliphatic rings. The van der Waals surface area contributed by atoms with Gasteiger partial charge in [0.25, 0.3) is 5.91 Å². The van der Waals surface area contributed by atoms with Crippen molar-refractivity contribution in [3.05, 3.63) is 54.1 Å². The van der Waals surface area contributed by atoms with Gasteiger partial charge in [0.15, 0.2) is 6.54 Å². The van der Waals surface area contributed by atoms with Gasteiger partial charge in [0.05, 0.1) is 39.0 Å². The van der Waals surface area contributed by atoms with Crippen LogP contribution in [-0.4, -0.2) is 45.7 Å². The zero-order valence-electron chi connectivity index (χ0n) is 14.9. The van der Waals surface area contributed by atoms with E-state index in [0.29, 0.717) is 6.54 Å². The summed E-state index contributed by atoms with van der Waals surface area (Å²) >= 11 is 0. The molecule has 3 rings (SSSR count). The lowest BCUT2D eigenvalue weighted by atomic mass is 10.2. The number of quaternary nitrogens is 1. The highest BCUT2D eigenvalue weighted by molar-refractivity contribution is 5.92. The monoisotopic (exact) mass is 340 g/mol. The van der Waals surface area contributed by atoms with Crippen molar-refractivity contribution in [3.63, 3.8) is 0 Å². The highest BCUT2D eigenvalue weighted by Crippen LogP contribution is 2.27. The smallest absolute Gasteiger partial charge is 0.279 e. The molecule has 1 saturated heterocycles. The first-order chi connectivity index (χ1) is 12.2. The van der Waals surface area contributed by atoms with Gasteiger partial charge in [-0.3, -0.25) is 4.79 Å². The maximum absolute atomic E-state index is 12.3. The van der Waals surface area contributed by atoms with Crippen LogP contribution in [0.25, 0.3) is 0 Å². The summed E-state index contributed by atoms with van der Waals surface area (Å²) in [7, 11) is 1.70. The fourth-order valence-corrected chi connectivity index (χ4v) is 3.27. The Balaban J connectivity index is 1.52. The molecule has 0 bridgehead atoms. The molecule has 2 aromatic carbocycles. The van der Waals surface area contributed by atoms with Crippen LogP contribution in [0.1, 0.15) is 5.56 Å². The van der Waals surface area contributed by atoms with E-state index in [0.717, 1.165) is 48.9 Å². The molecule has 0 aliphatic carbocycles. The Bertz CT molecular complexity index is 724. The summed E-state index contributed by atoms with van der Waals surface area (Å²) in [6, 6.07) is 16.0. The number of carbonyl (C=O) groups is 1. The topological polar surface area (TPSA) is 46.0 Å². The molecule has 132 valence electrons. The largest absolute Gasteiger partial charge is 0.495 e. The second kappa shape index (κ2) is 8.03. The zero-order chi connectivity index (χ0) is 17.6. The molecule has 25 heavy (non-hydrogen) atoms. The number of aryl methyl sites for hydroxylation is 1. The third-order valence-electron chi connectivity index (χ3n) is 4.73. The summed E-state index contributed by atoms with van der Waals surface area (Å²) in [5.74, 6) is 0.985. The fourth-order valence-electron chi connectivity index (χ4n) is 3.27. The third-order valence-corrected chi connectivity index (χ3v) is 4.73. The molecule has 1 fully saturated rings. The number of hydrogen-bond donors (Lipinski definition) is 2. The van der Waals surface area contributed by atoms with E-state index in [9.17, 15) is 4.79 Å². The second-order valence-electron chi connectivity index (χ2n) is 6.45. The Kier molecular flexibility index (Phi) is 5.56. The molecule has 5 nitrogen and oxygen atoms in total. The maximum Gasteiger partial charge on any atom is 0.279 e. The molecule has 2 N–H and O–H groups in total. The second-order valence-corrected chi connectivity index (χ2v) is 6.45.